The number of rotatable bonds is 2. The smallest absolute Gasteiger partial charge is 0.267 e. The summed E-state index contributed by atoms with van der Waals surface area (Å²) in [7, 11) is 0. The van der Waals surface area contributed by atoms with Crippen molar-refractivity contribution in [2.45, 2.75) is 38.6 Å². The SMILES string of the molecule is CC1CCC(NC(=O)c2cc3cc(Cl)ccc3[nH]2)CC1. The molecular formula is C16H19ClN2O. The molecule has 1 aromatic carbocycles. The van der Waals surface area contributed by atoms with Gasteiger partial charge in [-0.2, -0.15) is 0 Å². The second-order valence-electron chi connectivity index (χ2n) is 5.84. The fraction of sp³-hybridized carbons (Fsp3) is 0.438. The van der Waals surface area contributed by atoms with E-state index in [9.17, 15) is 4.79 Å². The van der Waals surface area contributed by atoms with Crippen molar-refractivity contribution in [2.75, 3.05) is 0 Å². The number of halogens is 1. The highest BCUT2D eigenvalue weighted by Gasteiger charge is 2.20. The summed E-state index contributed by atoms with van der Waals surface area (Å²) in [4.78, 5) is 15.4. The van der Waals surface area contributed by atoms with Crippen LogP contribution in [0.5, 0.6) is 0 Å². The number of carbonyl (C=O) groups is 1. The van der Waals surface area contributed by atoms with Crippen molar-refractivity contribution >= 4 is 28.4 Å². The fourth-order valence-corrected chi connectivity index (χ4v) is 3.07. The minimum Gasteiger partial charge on any atom is -0.351 e. The van der Waals surface area contributed by atoms with Gasteiger partial charge in [-0.25, -0.2) is 0 Å². The Hall–Kier alpha value is -1.48. The van der Waals surface area contributed by atoms with Gasteiger partial charge in [0.25, 0.3) is 5.91 Å². The lowest BCUT2D eigenvalue weighted by Gasteiger charge is -2.26. The van der Waals surface area contributed by atoms with E-state index in [1.54, 1.807) is 0 Å². The Morgan fingerprint density at radius 1 is 1.25 bits per heavy atom. The molecule has 3 rings (SSSR count). The summed E-state index contributed by atoms with van der Waals surface area (Å²) in [5, 5.41) is 4.79. The van der Waals surface area contributed by atoms with E-state index >= 15 is 0 Å². The minimum absolute atomic E-state index is 0.0168. The first-order valence-electron chi connectivity index (χ1n) is 7.21. The highest BCUT2D eigenvalue weighted by molar-refractivity contribution is 6.31. The van der Waals surface area contributed by atoms with Gasteiger partial charge in [0.15, 0.2) is 0 Å². The molecule has 0 aliphatic heterocycles. The largest absolute Gasteiger partial charge is 0.351 e. The van der Waals surface area contributed by atoms with Crippen molar-refractivity contribution in [3.8, 4) is 0 Å². The summed E-state index contributed by atoms with van der Waals surface area (Å²) in [6.45, 7) is 2.28. The molecule has 0 bridgehead atoms. The van der Waals surface area contributed by atoms with Gasteiger partial charge in [0.2, 0.25) is 0 Å². The van der Waals surface area contributed by atoms with E-state index in [1.165, 1.54) is 12.8 Å². The summed E-state index contributed by atoms with van der Waals surface area (Å²) in [6.07, 6.45) is 4.57. The molecule has 0 saturated heterocycles. The van der Waals surface area contributed by atoms with Crippen LogP contribution in [-0.2, 0) is 0 Å². The van der Waals surface area contributed by atoms with E-state index in [-0.39, 0.29) is 5.91 Å². The number of hydrogen-bond donors (Lipinski definition) is 2. The molecule has 1 aromatic heterocycles. The zero-order valence-electron chi connectivity index (χ0n) is 11.6. The third-order valence-corrected chi connectivity index (χ3v) is 4.41. The Morgan fingerprint density at radius 3 is 2.75 bits per heavy atom. The van der Waals surface area contributed by atoms with Crippen LogP contribution in [-0.4, -0.2) is 16.9 Å². The number of fused-ring (bicyclic) bond motifs is 1. The van der Waals surface area contributed by atoms with Crippen molar-refractivity contribution in [1.29, 1.82) is 0 Å². The third-order valence-electron chi connectivity index (χ3n) is 4.18. The lowest BCUT2D eigenvalue weighted by molar-refractivity contribution is 0.0919. The second kappa shape index (κ2) is 5.49. The predicted molar refractivity (Wildman–Crippen MR) is 82.2 cm³/mol. The molecule has 2 N–H and O–H groups in total. The molecule has 0 atom stereocenters. The molecule has 20 heavy (non-hydrogen) atoms. The van der Waals surface area contributed by atoms with Crippen LogP contribution in [0.4, 0.5) is 0 Å². The van der Waals surface area contributed by atoms with Crippen molar-refractivity contribution in [2.24, 2.45) is 5.92 Å². The summed E-state index contributed by atoms with van der Waals surface area (Å²) in [5.41, 5.74) is 1.55. The van der Waals surface area contributed by atoms with Crippen LogP contribution >= 0.6 is 11.6 Å². The van der Waals surface area contributed by atoms with E-state index in [0.717, 1.165) is 29.7 Å². The normalized spacial score (nSPS) is 22.9. The fourth-order valence-electron chi connectivity index (χ4n) is 2.89. The van der Waals surface area contributed by atoms with Gasteiger partial charge in [0, 0.05) is 22.0 Å². The molecule has 2 aromatic rings. The van der Waals surface area contributed by atoms with E-state index in [4.69, 9.17) is 11.6 Å². The average molecular weight is 291 g/mol. The molecule has 1 saturated carbocycles. The predicted octanol–water partition coefficient (Wildman–Crippen LogP) is 4.13. The van der Waals surface area contributed by atoms with Crippen molar-refractivity contribution in [1.82, 2.24) is 10.3 Å². The van der Waals surface area contributed by atoms with Gasteiger partial charge >= 0.3 is 0 Å². The molecule has 0 radical (unpaired) electrons. The van der Waals surface area contributed by atoms with E-state index in [1.807, 2.05) is 24.3 Å². The summed E-state index contributed by atoms with van der Waals surface area (Å²) < 4.78 is 0. The van der Waals surface area contributed by atoms with Gasteiger partial charge in [-0.1, -0.05) is 18.5 Å². The molecule has 4 heteroatoms. The molecule has 0 unspecified atom stereocenters. The number of nitrogens with one attached hydrogen (secondary N) is 2. The maximum absolute atomic E-state index is 12.3. The number of carbonyl (C=O) groups excluding carboxylic acids is 1. The van der Waals surface area contributed by atoms with Crippen LogP contribution in [0.3, 0.4) is 0 Å². The molecule has 106 valence electrons. The topological polar surface area (TPSA) is 44.9 Å². The van der Waals surface area contributed by atoms with Crippen LogP contribution in [0.15, 0.2) is 24.3 Å². The molecular weight excluding hydrogens is 272 g/mol. The van der Waals surface area contributed by atoms with E-state index < -0.39 is 0 Å². The Kier molecular flexibility index (Phi) is 3.70. The standard InChI is InChI=1S/C16H19ClN2O/c1-10-2-5-13(6-3-10)18-16(20)15-9-11-8-12(17)4-7-14(11)19-15/h4,7-10,13,19H,2-3,5-6H2,1H3,(H,18,20). The number of aromatic amines is 1. The molecule has 1 aliphatic rings. The van der Waals surface area contributed by atoms with Crippen LogP contribution in [0, 0.1) is 5.92 Å². The van der Waals surface area contributed by atoms with Gasteiger partial charge in [-0.05, 0) is 55.9 Å². The quantitative estimate of drug-likeness (QED) is 0.858. The van der Waals surface area contributed by atoms with Gasteiger partial charge in [0.05, 0.1) is 0 Å². The molecule has 3 nitrogen and oxygen atoms in total. The lowest BCUT2D eigenvalue weighted by Crippen LogP contribution is -2.37. The van der Waals surface area contributed by atoms with Gasteiger partial charge in [-0.3, -0.25) is 4.79 Å². The zero-order valence-corrected chi connectivity index (χ0v) is 12.3. The zero-order chi connectivity index (χ0) is 14.1. The first kappa shape index (κ1) is 13.5. The third kappa shape index (κ3) is 2.83. The Balaban J connectivity index is 1.72. The van der Waals surface area contributed by atoms with Gasteiger partial charge < -0.3 is 10.3 Å². The molecule has 1 amide bonds. The highest BCUT2D eigenvalue weighted by atomic mass is 35.5. The molecule has 1 fully saturated rings. The number of H-pyrrole nitrogens is 1. The molecule has 1 heterocycles. The first-order valence-corrected chi connectivity index (χ1v) is 7.59. The lowest BCUT2D eigenvalue weighted by atomic mass is 9.87. The number of benzene rings is 1. The van der Waals surface area contributed by atoms with Crippen molar-refractivity contribution < 1.29 is 4.79 Å². The summed E-state index contributed by atoms with van der Waals surface area (Å²) in [5.74, 6) is 0.773. The van der Waals surface area contributed by atoms with Crippen molar-refractivity contribution in [3.05, 3.63) is 35.0 Å². The van der Waals surface area contributed by atoms with Gasteiger partial charge in [0.1, 0.15) is 5.69 Å². The maximum Gasteiger partial charge on any atom is 0.267 e. The average Bonchev–Trinajstić information content (AvgIpc) is 2.84. The highest BCUT2D eigenvalue weighted by Crippen LogP contribution is 2.24. The molecule has 0 spiro atoms. The van der Waals surface area contributed by atoms with E-state index in [2.05, 4.69) is 17.2 Å². The Morgan fingerprint density at radius 2 is 2.00 bits per heavy atom. The number of amides is 1. The number of hydrogen-bond acceptors (Lipinski definition) is 1. The first-order chi connectivity index (χ1) is 9.61. The second-order valence-corrected chi connectivity index (χ2v) is 6.28. The van der Waals surface area contributed by atoms with Crippen LogP contribution in [0.2, 0.25) is 5.02 Å². The summed E-state index contributed by atoms with van der Waals surface area (Å²) in [6, 6.07) is 7.77. The van der Waals surface area contributed by atoms with Crippen LogP contribution in [0.1, 0.15) is 43.1 Å². The maximum atomic E-state index is 12.3. The number of aromatic nitrogens is 1. The Bertz CT molecular complexity index is 626. The monoisotopic (exact) mass is 290 g/mol. The molecule has 1 aliphatic carbocycles. The van der Waals surface area contributed by atoms with Crippen molar-refractivity contribution in [3.63, 3.8) is 0 Å². The Labute approximate surface area is 123 Å². The van der Waals surface area contributed by atoms with Gasteiger partial charge in [-0.15, -0.1) is 0 Å². The van der Waals surface area contributed by atoms with E-state index in [0.29, 0.717) is 16.8 Å². The summed E-state index contributed by atoms with van der Waals surface area (Å²) >= 11 is 5.96. The minimum atomic E-state index is -0.0168. The van der Waals surface area contributed by atoms with Crippen LogP contribution < -0.4 is 5.32 Å². The van der Waals surface area contributed by atoms with Crippen LogP contribution in [0.25, 0.3) is 10.9 Å².